The molecule has 0 aromatic carbocycles. The molecule has 1 aliphatic rings. The lowest BCUT2D eigenvalue weighted by Gasteiger charge is -2.29. The van der Waals surface area contributed by atoms with Crippen molar-refractivity contribution >= 4 is 5.97 Å². The van der Waals surface area contributed by atoms with Gasteiger partial charge in [-0.1, -0.05) is 19.1 Å². The summed E-state index contributed by atoms with van der Waals surface area (Å²) in [6.45, 7) is 3.37. The Kier molecular flexibility index (Phi) is 4.66. The second-order valence-corrected chi connectivity index (χ2v) is 3.57. The summed E-state index contributed by atoms with van der Waals surface area (Å²) in [7, 11) is 1.44. The van der Waals surface area contributed by atoms with Gasteiger partial charge in [0.25, 0.3) is 0 Å². The van der Waals surface area contributed by atoms with Gasteiger partial charge in [0.1, 0.15) is 0 Å². The Morgan fingerprint density at radius 3 is 2.93 bits per heavy atom. The number of nitrogens with zero attached hydrogens (tertiary/aromatic N) is 1. The number of rotatable bonds is 4. The molecular weight excluding hydrogens is 178 g/mol. The molecule has 0 N–H and O–H groups in total. The van der Waals surface area contributed by atoms with Gasteiger partial charge in [-0.05, 0) is 25.8 Å². The summed E-state index contributed by atoms with van der Waals surface area (Å²) in [6.07, 6.45) is 7.95. The van der Waals surface area contributed by atoms with Crippen molar-refractivity contribution in [3.8, 4) is 0 Å². The van der Waals surface area contributed by atoms with Gasteiger partial charge in [0, 0.05) is 6.04 Å². The standard InChI is InChI=1S/C11H19NO2/c1-3-12(9-11(13)14-2)10-7-5-4-6-8-10/h5,7,10H,3-4,6,8-9H2,1-2H3. The Hall–Kier alpha value is -0.830. The molecule has 0 heterocycles. The van der Waals surface area contributed by atoms with Gasteiger partial charge in [-0.25, -0.2) is 0 Å². The van der Waals surface area contributed by atoms with Crippen LogP contribution < -0.4 is 0 Å². The summed E-state index contributed by atoms with van der Waals surface area (Å²) >= 11 is 0. The van der Waals surface area contributed by atoms with Gasteiger partial charge in [0.15, 0.2) is 0 Å². The number of carbonyl (C=O) groups is 1. The predicted molar refractivity (Wildman–Crippen MR) is 56.0 cm³/mol. The molecule has 80 valence electrons. The summed E-state index contributed by atoms with van der Waals surface area (Å²) in [6, 6.07) is 0.424. The number of hydrogen-bond donors (Lipinski definition) is 0. The minimum atomic E-state index is -0.147. The highest BCUT2D eigenvalue weighted by molar-refractivity contribution is 5.71. The second kappa shape index (κ2) is 5.81. The van der Waals surface area contributed by atoms with E-state index in [1.54, 1.807) is 0 Å². The van der Waals surface area contributed by atoms with Crippen molar-refractivity contribution in [1.82, 2.24) is 4.90 Å². The summed E-state index contributed by atoms with van der Waals surface area (Å²) < 4.78 is 4.67. The molecule has 0 saturated heterocycles. The lowest BCUT2D eigenvalue weighted by Crippen LogP contribution is -2.38. The molecule has 0 aromatic heterocycles. The van der Waals surface area contributed by atoms with Gasteiger partial charge in [-0.15, -0.1) is 0 Å². The molecule has 1 unspecified atom stereocenters. The summed E-state index contributed by atoms with van der Waals surface area (Å²) in [5.41, 5.74) is 0. The van der Waals surface area contributed by atoms with E-state index in [0.29, 0.717) is 12.6 Å². The van der Waals surface area contributed by atoms with Gasteiger partial charge in [0.05, 0.1) is 13.7 Å². The molecule has 0 fully saturated rings. The quantitative estimate of drug-likeness (QED) is 0.506. The highest BCUT2D eigenvalue weighted by Crippen LogP contribution is 2.15. The van der Waals surface area contributed by atoms with Crippen LogP contribution in [-0.4, -0.2) is 37.1 Å². The normalized spacial score (nSPS) is 21.2. The summed E-state index contributed by atoms with van der Waals surface area (Å²) in [5, 5.41) is 0. The van der Waals surface area contributed by atoms with Crippen LogP contribution in [0.1, 0.15) is 26.2 Å². The third kappa shape index (κ3) is 3.14. The first-order valence-electron chi connectivity index (χ1n) is 5.25. The van der Waals surface area contributed by atoms with E-state index >= 15 is 0 Å². The number of carbonyl (C=O) groups excluding carboxylic acids is 1. The molecule has 14 heavy (non-hydrogen) atoms. The third-order valence-electron chi connectivity index (χ3n) is 2.66. The first-order valence-corrected chi connectivity index (χ1v) is 5.25. The number of hydrogen-bond acceptors (Lipinski definition) is 3. The maximum absolute atomic E-state index is 11.1. The zero-order chi connectivity index (χ0) is 10.4. The van der Waals surface area contributed by atoms with Crippen molar-refractivity contribution in [1.29, 1.82) is 0 Å². The summed E-state index contributed by atoms with van der Waals surface area (Å²) in [5.74, 6) is -0.147. The van der Waals surface area contributed by atoms with E-state index in [9.17, 15) is 4.79 Å². The van der Waals surface area contributed by atoms with Crippen molar-refractivity contribution in [2.75, 3.05) is 20.2 Å². The topological polar surface area (TPSA) is 29.5 Å². The first kappa shape index (κ1) is 11.2. The van der Waals surface area contributed by atoms with Crippen LogP contribution >= 0.6 is 0 Å². The van der Waals surface area contributed by atoms with Gasteiger partial charge < -0.3 is 4.74 Å². The summed E-state index contributed by atoms with van der Waals surface area (Å²) in [4.78, 5) is 13.3. The van der Waals surface area contributed by atoms with Crippen LogP contribution in [0.3, 0.4) is 0 Å². The smallest absolute Gasteiger partial charge is 0.319 e. The number of allylic oxidation sites excluding steroid dienone is 1. The van der Waals surface area contributed by atoms with Crippen LogP contribution in [0.4, 0.5) is 0 Å². The Bertz CT molecular complexity index is 213. The molecule has 0 spiro atoms. The zero-order valence-corrected chi connectivity index (χ0v) is 9.03. The van der Waals surface area contributed by atoms with Crippen molar-refractivity contribution in [3.63, 3.8) is 0 Å². The monoisotopic (exact) mass is 197 g/mol. The van der Waals surface area contributed by atoms with E-state index in [2.05, 4.69) is 28.7 Å². The Morgan fingerprint density at radius 2 is 2.43 bits per heavy atom. The fourth-order valence-electron chi connectivity index (χ4n) is 1.79. The second-order valence-electron chi connectivity index (χ2n) is 3.57. The SMILES string of the molecule is CCN(CC(=O)OC)C1C=CCCC1. The van der Waals surface area contributed by atoms with E-state index in [-0.39, 0.29) is 5.97 Å². The van der Waals surface area contributed by atoms with Crippen molar-refractivity contribution in [3.05, 3.63) is 12.2 Å². The van der Waals surface area contributed by atoms with E-state index in [0.717, 1.165) is 13.0 Å². The molecule has 0 radical (unpaired) electrons. The Balaban J connectivity index is 2.47. The number of likely N-dealkylation sites (N-methyl/N-ethyl adjacent to an activating group) is 1. The number of ether oxygens (including phenoxy) is 1. The average molecular weight is 197 g/mol. The maximum atomic E-state index is 11.1. The molecule has 1 aliphatic carbocycles. The van der Waals surface area contributed by atoms with Crippen LogP contribution in [-0.2, 0) is 9.53 Å². The first-order chi connectivity index (χ1) is 6.77. The van der Waals surface area contributed by atoms with Crippen molar-refractivity contribution in [2.24, 2.45) is 0 Å². The van der Waals surface area contributed by atoms with Crippen LogP contribution in [0.5, 0.6) is 0 Å². The lowest BCUT2D eigenvalue weighted by molar-refractivity contribution is -0.142. The van der Waals surface area contributed by atoms with Crippen LogP contribution in [0.15, 0.2) is 12.2 Å². The van der Waals surface area contributed by atoms with Gasteiger partial charge in [-0.2, -0.15) is 0 Å². The highest BCUT2D eigenvalue weighted by Gasteiger charge is 2.18. The Morgan fingerprint density at radius 1 is 1.64 bits per heavy atom. The molecule has 0 aliphatic heterocycles. The van der Waals surface area contributed by atoms with E-state index < -0.39 is 0 Å². The van der Waals surface area contributed by atoms with Crippen molar-refractivity contribution in [2.45, 2.75) is 32.2 Å². The van der Waals surface area contributed by atoms with Gasteiger partial charge >= 0.3 is 5.97 Å². The largest absolute Gasteiger partial charge is 0.468 e. The third-order valence-corrected chi connectivity index (χ3v) is 2.66. The molecule has 0 bridgehead atoms. The lowest BCUT2D eigenvalue weighted by atomic mass is 10.0. The molecule has 3 nitrogen and oxygen atoms in total. The predicted octanol–water partition coefficient (Wildman–Crippen LogP) is 1.59. The highest BCUT2D eigenvalue weighted by atomic mass is 16.5. The molecule has 0 aromatic rings. The Labute approximate surface area is 85.7 Å². The molecule has 0 saturated carbocycles. The average Bonchev–Trinajstić information content (AvgIpc) is 2.26. The number of esters is 1. The fourth-order valence-corrected chi connectivity index (χ4v) is 1.79. The van der Waals surface area contributed by atoms with Crippen LogP contribution in [0.25, 0.3) is 0 Å². The minimum Gasteiger partial charge on any atom is -0.468 e. The zero-order valence-electron chi connectivity index (χ0n) is 9.03. The van der Waals surface area contributed by atoms with Crippen molar-refractivity contribution < 1.29 is 9.53 Å². The maximum Gasteiger partial charge on any atom is 0.319 e. The molecule has 0 amide bonds. The molecule has 1 rings (SSSR count). The molecular formula is C11H19NO2. The van der Waals surface area contributed by atoms with Gasteiger partial charge in [0.2, 0.25) is 0 Å². The van der Waals surface area contributed by atoms with E-state index in [1.165, 1.54) is 20.0 Å². The van der Waals surface area contributed by atoms with Gasteiger partial charge in [-0.3, -0.25) is 9.69 Å². The molecule has 1 atom stereocenters. The van der Waals surface area contributed by atoms with Crippen LogP contribution in [0.2, 0.25) is 0 Å². The van der Waals surface area contributed by atoms with E-state index in [4.69, 9.17) is 0 Å². The fraction of sp³-hybridized carbons (Fsp3) is 0.727. The minimum absolute atomic E-state index is 0.147. The molecule has 3 heteroatoms. The number of methoxy groups -OCH3 is 1. The van der Waals surface area contributed by atoms with Crippen LogP contribution in [0, 0.1) is 0 Å². The van der Waals surface area contributed by atoms with E-state index in [1.807, 2.05) is 0 Å².